The molecule has 5 aromatic heterocycles. The number of H-pyrrole nitrogens is 5. The summed E-state index contributed by atoms with van der Waals surface area (Å²) in [6.07, 6.45) is 5.80. The highest BCUT2D eigenvalue weighted by Gasteiger charge is 2.31. The molecule has 0 saturated heterocycles. The van der Waals surface area contributed by atoms with Crippen molar-refractivity contribution < 1.29 is 30.6 Å². The van der Waals surface area contributed by atoms with E-state index in [0.29, 0.717) is 31.7 Å². The number of rotatable bonds is 6. The van der Waals surface area contributed by atoms with Crippen LogP contribution in [0.5, 0.6) is 34.5 Å². The van der Waals surface area contributed by atoms with Crippen LogP contribution in [0.2, 0.25) is 0 Å². The maximum Gasteiger partial charge on any atom is 0.251 e. The second-order valence-electron chi connectivity index (χ2n) is 10.8. The number of aromatic hydroxyl groups is 6. The van der Waals surface area contributed by atoms with Gasteiger partial charge in [-0.1, -0.05) is 0 Å². The van der Waals surface area contributed by atoms with Crippen LogP contribution in [-0.2, 0) is 0 Å². The molecule has 0 fully saturated rings. The van der Waals surface area contributed by atoms with Crippen LogP contribution in [0.25, 0.3) is 55.0 Å². The summed E-state index contributed by atoms with van der Waals surface area (Å²) in [5, 5.41) is 69.5. The first-order valence-electron chi connectivity index (χ1n) is 14.2. The normalized spacial score (nSPS) is 11.7. The molecule has 15 nitrogen and oxygen atoms in total. The molecule has 8 aromatic rings. The van der Waals surface area contributed by atoms with E-state index in [-0.39, 0.29) is 43.5 Å². The first-order chi connectivity index (χ1) is 23.6. The topological polar surface area (TPSA) is 260 Å². The Hall–Kier alpha value is -6.46. The molecule has 0 unspecified atom stereocenters. The molecule has 0 aliphatic rings. The predicted molar refractivity (Wildman–Crippen MR) is 181 cm³/mol. The smallest absolute Gasteiger partial charge is 0.251 e. The van der Waals surface area contributed by atoms with Gasteiger partial charge in [0.2, 0.25) is 0 Å². The number of benzene rings is 3. The Morgan fingerprint density at radius 2 is 1.20 bits per heavy atom. The molecule has 0 bridgehead atoms. The minimum atomic E-state index is -0.746. The fraction of sp³-hybridized carbons (Fsp3) is 0. The molecule has 5 heterocycles. The van der Waals surface area contributed by atoms with Crippen LogP contribution in [-0.4, -0.2) is 65.5 Å². The van der Waals surface area contributed by atoms with Gasteiger partial charge in [0, 0.05) is 92.3 Å². The number of fused-ring (bicyclic) bond motifs is 3. The highest BCUT2D eigenvalue weighted by Crippen LogP contribution is 2.58. The lowest BCUT2D eigenvalue weighted by Gasteiger charge is -2.18. The largest absolute Gasteiger partial charge is 0.504 e. The highest BCUT2D eigenvalue weighted by molar-refractivity contribution is 7.99. The standard InChI is InChI=1S/C32H21N7O8S2/c40-15-8-13-11(1-4-33-13)21(27(15)44)22-12-7-20(49-32-35-6-3-19(43)38-32)39-26(12)25(30(47)29(22)46)24-23-14(9-16(41)28(24)45)36-10-17(23)48-31-34-5-2-18(42)37-31/h1-10,33,36,39-41,44-47H,(H,34,37,42)(H,35,38,43). The number of phenolic OH excluding ortho intramolecular Hbond substituents is 6. The monoisotopic (exact) mass is 695 g/mol. The van der Waals surface area contributed by atoms with Crippen molar-refractivity contribution in [3.05, 3.63) is 81.9 Å². The number of hydrogen-bond acceptors (Lipinski definition) is 12. The Balaban J connectivity index is 1.47. The highest BCUT2D eigenvalue weighted by atomic mass is 32.2. The molecule has 0 spiro atoms. The molecule has 0 saturated carbocycles. The Labute approximate surface area is 280 Å². The molecular formula is C32H21N7O8S2. The number of aromatic amines is 5. The van der Waals surface area contributed by atoms with Gasteiger partial charge in [0.05, 0.1) is 21.6 Å². The molecule has 244 valence electrons. The number of hydrogen-bond donors (Lipinski definition) is 11. The van der Waals surface area contributed by atoms with Crippen molar-refractivity contribution in [2.45, 2.75) is 20.2 Å². The maximum absolute atomic E-state index is 12.0. The van der Waals surface area contributed by atoms with Crippen molar-refractivity contribution in [3.63, 3.8) is 0 Å². The van der Waals surface area contributed by atoms with Crippen LogP contribution in [0.1, 0.15) is 0 Å². The van der Waals surface area contributed by atoms with E-state index in [1.807, 2.05) is 0 Å². The molecule has 0 amide bonds. The lowest BCUT2D eigenvalue weighted by atomic mass is 9.90. The van der Waals surface area contributed by atoms with Crippen LogP contribution < -0.4 is 11.1 Å². The van der Waals surface area contributed by atoms with E-state index in [1.165, 1.54) is 36.7 Å². The fourth-order valence-corrected chi connectivity index (χ4v) is 7.58. The van der Waals surface area contributed by atoms with Crippen LogP contribution in [0.15, 0.2) is 91.0 Å². The Bertz CT molecular complexity index is 2760. The van der Waals surface area contributed by atoms with Gasteiger partial charge in [-0.15, -0.1) is 0 Å². The Morgan fingerprint density at radius 1 is 0.592 bits per heavy atom. The first kappa shape index (κ1) is 29.9. The van der Waals surface area contributed by atoms with Crippen LogP contribution in [0, 0.1) is 0 Å². The van der Waals surface area contributed by atoms with Crippen LogP contribution >= 0.6 is 23.5 Å². The zero-order valence-electron chi connectivity index (χ0n) is 24.5. The van der Waals surface area contributed by atoms with Gasteiger partial charge in [0.15, 0.2) is 44.8 Å². The van der Waals surface area contributed by atoms with Gasteiger partial charge in [-0.2, -0.15) is 0 Å². The van der Waals surface area contributed by atoms with Crippen molar-refractivity contribution in [2.75, 3.05) is 0 Å². The third kappa shape index (κ3) is 4.78. The minimum absolute atomic E-state index is 0.00957. The second-order valence-corrected chi connectivity index (χ2v) is 12.9. The quantitative estimate of drug-likeness (QED) is 0.0795. The van der Waals surface area contributed by atoms with Crippen LogP contribution in [0.3, 0.4) is 0 Å². The van der Waals surface area contributed by atoms with E-state index in [4.69, 9.17) is 0 Å². The number of nitrogens with one attached hydrogen (secondary N) is 5. The van der Waals surface area contributed by atoms with Crippen molar-refractivity contribution in [1.29, 1.82) is 0 Å². The molecule has 3 aromatic carbocycles. The summed E-state index contributed by atoms with van der Waals surface area (Å²) in [5.74, 6) is -3.72. The maximum atomic E-state index is 12.0. The number of phenols is 6. The van der Waals surface area contributed by atoms with Gasteiger partial charge in [0.1, 0.15) is 0 Å². The van der Waals surface area contributed by atoms with E-state index in [9.17, 15) is 40.2 Å². The van der Waals surface area contributed by atoms with Gasteiger partial charge in [-0.05, 0) is 35.7 Å². The summed E-state index contributed by atoms with van der Waals surface area (Å²) in [5.41, 5.74) is -0.236. The molecule has 17 heteroatoms. The van der Waals surface area contributed by atoms with E-state index >= 15 is 0 Å². The number of aromatic nitrogens is 7. The van der Waals surface area contributed by atoms with Crippen molar-refractivity contribution in [1.82, 2.24) is 34.9 Å². The summed E-state index contributed by atoms with van der Waals surface area (Å²) < 4.78 is 0. The summed E-state index contributed by atoms with van der Waals surface area (Å²) in [7, 11) is 0. The predicted octanol–water partition coefficient (Wildman–Crippen LogP) is 5.17. The van der Waals surface area contributed by atoms with Gasteiger partial charge in [0.25, 0.3) is 11.1 Å². The summed E-state index contributed by atoms with van der Waals surface area (Å²) in [6.45, 7) is 0. The third-order valence-corrected chi connectivity index (χ3v) is 9.70. The molecule has 0 aliphatic heterocycles. The van der Waals surface area contributed by atoms with Crippen LogP contribution in [0.4, 0.5) is 0 Å². The van der Waals surface area contributed by atoms with E-state index in [1.54, 1.807) is 24.5 Å². The average Bonchev–Trinajstić information content (AvgIpc) is 3.80. The van der Waals surface area contributed by atoms with Gasteiger partial charge in [-0.3, -0.25) is 9.59 Å². The average molecular weight is 696 g/mol. The van der Waals surface area contributed by atoms with Gasteiger partial charge in [-0.25, -0.2) is 9.97 Å². The molecule has 49 heavy (non-hydrogen) atoms. The second kappa shape index (κ2) is 11.1. The molecule has 0 radical (unpaired) electrons. The van der Waals surface area contributed by atoms with E-state index in [0.717, 1.165) is 23.5 Å². The summed E-state index contributed by atoms with van der Waals surface area (Å²) in [4.78, 5) is 47.2. The SMILES string of the molecule is O=c1ccnc(Sc2cc3c(-c4c(O)c(O)cc5[nH]ccc45)c(O)c(O)c(-c4c(O)c(O)cc5[nH]cc(Sc6nccc(=O)[nH]6)c45)c3[nH]2)[nH]1. The summed E-state index contributed by atoms with van der Waals surface area (Å²) >= 11 is 2.05. The number of nitrogens with zero attached hydrogens (tertiary/aromatic N) is 2. The van der Waals surface area contributed by atoms with Gasteiger partial charge >= 0.3 is 0 Å². The zero-order chi connectivity index (χ0) is 34.1. The third-order valence-electron chi connectivity index (χ3n) is 7.91. The fourth-order valence-electron chi connectivity index (χ4n) is 5.88. The molecule has 0 atom stereocenters. The Kier molecular flexibility index (Phi) is 6.76. The van der Waals surface area contributed by atoms with E-state index < -0.39 is 45.6 Å². The van der Waals surface area contributed by atoms with E-state index in [2.05, 4.69) is 34.9 Å². The molecule has 11 N–H and O–H groups in total. The zero-order valence-corrected chi connectivity index (χ0v) is 26.1. The van der Waals surface area contributed by atoms with Crippen molar-refractivity contribution in [2.24, 2.45) is 0 Å². The lowest BCUT2D eigenvalue weighted by molar-refractivity contribution is 0.400. The van der Waals surface area contributed by atoms with Crippen molar-refractivity contribution >= 4 is 56.2 Å². The van der Waals surface area contributed by atoms with Gasteiger partial charge < -0.3 is 55.6 Å². The first-order valence-corrected chi connectivity index (χ1v) is 15.9. The van der Waals surface area contributed by atoms with Crippen molar-refractivity contribution in [3.8, 4) is 56.8 Å². The molecule has 8 rings (SSSR count). The molecular weight excluding hydrogens is 675 g/mol. The lowest BCUT2D eigenvalue weighted by Crippen LogP contribution is -2.04. The molecule has 0 aliphatic carbocycles. The Morgan fingerprint density at radius 3 is 1.90 bits per heavy atom. The minimum Gasteiger partial charge on any atom is -0.504 e. The summed E-state index contributed by atoms with van der Waals surface area (Å²) in [6, 6.07) is 8.29.